The standard InChI is InChI=1S/C12H10ClNO/c13-12-11(15)7-6-10(14-12)8-9-4-2-1-3-5-9/h1-7,15H,8H2. The van der Waals surface area contributed by atoms with Gasteiger partial charge in [0, 0.05) is 12.1 Å². The molecule has 1 aromatic carbocycles. The molecular weight excluding hydrogens is 210 g/mol. The zero-order valence-corrected chi connectivity index (χ0v) is 8.78. The molecule has 0 spiro atoms. The number of hydrogen-bond acceptors (Lipinski definition) is 2. The molecule has 0 atom stereocenters. The van der Waals surface area contributed by atoms with Crippen LogP contribution in [0, 0.1) is 0 Å². The number of aromatic hydroxyl groups is 1. The van der Waals surface area contributed by atoms with Gasteiger partial charge in [-0.2, -0.15) is 0 Å². The van der Waals surface area contributed by atoms with Crippen molar-refractivity contribution in [3.05, 3.63) is 58.9 Å². The van der Waals surface area contributed by atoms with Gasteiger partial charge in [0.05, 0.1) is 0 Å². The van der Waals surface area contributed by atoms with Gasteiger partial charge in [0.15, 0.2) is 10.9 Å². The Kier molecular flexibility index (Phi) is 2.88. The van der Waals surface area contributed by atoms with Gasteiger partial charge >= 0.3 is 0 Å². The fourth-order valence-corrected chi connectivity index (χ4v) is 1.54. The highest BCUT2D eigenvalue weighted by molar-refractivity contribution is 6.30. The van der Waals surface area contributed by atoms with E-state index in [1.54, 1.807) is 12.1 Å². The first-order valence-corrected chi connectivity index (χ1v) is 5.02. The number of benzene rings is 1. The summed E-state index contributed by atoms with van der Waals surface area (Å²) in [6.07, 6.45) is 0.723. The van der Waals surface area contributed by atoms with Gasteiger partial charge in [-0.15, -0.1) is 0 Å². The molecule has 0 bridgehead atoms. The van der Waals surface area contributed by atoms with E-state index in [1.165, 1.54) is 5.56 Å². The van der Waals surface area contributed by atoms with Crippen molar-refractivity contribution in [2.45, 2.75) is 6.42 Å². The van der Waals surface area contributed by atoms with Crippen LogP contribution in [-0.2, 0) is 6.42 Å². The maximum Gasteiger partial charge on any atom is 0.171 e. The van der Waals surface area contributed by atoms with Crippen LogP contribution in [0.4, 0.5) is 0 Å². The summed E-state index contributed by atoms with van der Waals surface area (Å²) in [5.74, 6) is 0.0217. The first-order valence-electron chi connectivity index (χ1n) is 4.64. The minimum absolute atomic E-state index is 0.0217. The Morgan fingerprint density at radius 2 is 1.80 bits per heavy atom. The smallest absolute Gasteiger partial charge is 0.171 e. The number of aromatic nitrogens is 1. The number of rotatable bonds is 2. The van der Waals surface area contributed by atoms with E-state index in [0.717, 1.165) is 12.1 Å². The van der Waals surface area contributed by atoms with Crippen LogP contribution >= 0.6 is 11.6 Å². The lowest BCUT2D eigenvalue weighted by atomic mass is 10.1. The van der Waals surface area contributed by atoms with Crippen molar-refractivity contribution in [1.82, 2.24) is 4.98 Å². The molecule has 0 saturated carbocycles. The summed E-state index contributed by atoms with van der Waals surface area (Å²) in [4.78, 5) is 4.08. The fraction of sp³-hybridized carbons (Fsp3) is 0.0833. The van der Waals surface area contributed by atoms with Crippen LogP contribution in [0.15, 0.2) is 42.5 Å². The molecule has 0 unspecified atom stereocenters. The van der Waals surface area contributed by atoms with E-state index in [4.69, 9.17) is 11.6 Å². The molecule has 2 aromatic rings. The Hall–Kier alpha value is -1.54. The van der Waals surface area contributed by atoms with Crippen molar-refractivity contribution in [3.8, 4) is 5.75 Å². The minimum atomic E-state index is 0.0217. The molecule has 15 heavy (non-hydrogen) atoms. The normalized spacial score (nSPS) is 10.2. The Morgan fingerprint density at radius 3 is 2.47 bits per heavy atom. The first kappa shape index (κ1) is 9.99. The zero-order chi connectivity index (χ0) is 10.7. The van der Waals surface area contributed by atoms with Gasteiger partial charge in [0.25, 0.3) is 0 Å². The van der Waals surface area contributed by atoms with Crippen molar-refractivity contribution in [3.63, 3.8) is 0 Å². The van der Waals surface area contributed by atoms with Crippen molar-refractivity contribution in [2.24, 2.45) is 0 Å². The predicted octanol–water partition coefficient (Wildman–Crippen LogP) is 3.03. The summed E-state index contributed by atoms with van der Waals surface area (Å²) in [5, 5.41) is 9.37. The van der Waals surface area contributed by atoms with Gasteiger partial charge in [0.1, 0.15) is 0 Å². The lowest BCUT2D eigenvalue weighted by molar-refractivity contribution is 0.472. The lowest BCUT2D eigenvalue weighted by Crippen LogP contribution is -1.91. The second-order valence-corrected chi connectivity index (χ2v) is 3.63. The first-order chi connectivity index (χ1) is 7.25. The van der Waals surface area contributed by atoms with Crippen LogP contribution in [0.3, 0.4) is 0 Å². The Labute approximate surface area is 93.2 Å². The van der Waals surface area contributed by atoms with E-state index in [2.05, 4.69) is 4.98 Å². The molecule has 2 nitrogen and oxygen atoms in total. The second-order valence-electron chi connectivity index (χ2n) is 3.27. The van der Waals surface area contributed by atoms with Crippen LogP contribution in [0.25, 0.3) is 0 Å². The SMILES string of the molecule is Oc1ccc(Cc2ccccc2)nc1Cl. The highest BCUT2D eigenvalue weighted by Crippen LogP contribution is 2.20. The average molecular weight is 220 g/mol. The predicted molar refractivity (Wildman–Crippen MR) is 60.2 cm³/mol. The summed E-state index contributed by atoms with van der Waals surface area (Å²) >= 11 is 5.72. The van der Waals surface area contributed by atoms with Crippen molar-refractivity contribution >= 4 is 11.6 Å². The van der Waals surface area contributed by atoms with Crippen LogP contribution in [0.1, 0.15) is 11.3 Å². The molecule has 1 aromatic heterocycles. The summed E-state index contributed by atoms with van der Waals surface area (Å²) in [6.45, 7) is 0. The molecule has 0 aliphatic heterocycles. The fourth-order valence-electron chi connectivity index (χ4n) is 1.37. The average Bonchev–Trinajstić information content (AvgIpc) is 2.25. The van der Waals surface area contributed by atoms with Crippen molar-refractivity contribution < 1.29 is 5.11 Å². The van der Waals surface area contributed by atoms with Gasteiger partial charge < -0.3 is 5.11 Å². The summed E-state index contributed by atoms with van der Waals surface area (Å²) in [6, 6.07) is 13.3. The van der Waals surface area contributed by atoms with Crippen LogP contribution in [0.2, 0.25) is 5.15 Å². The zero-order valence-electron chi connectivity index (χ0n) is 8.02. The maximum absolute atomic E-state index is 9.22. The van der Waals surface area contributed by atoms with Gasteiger partial charge in [-0.25, -0.2) is 4.98 Å². The topological polar surface area (TPSA) is 33.1 Å². The van der Waals surface area contributed by atoms with E-state index in [0.29, 0.717) is 0 Å². The van der Waals surface area contributed by atoms with Crippen molar-refractivity contribution in [2.75, 3.05) is 0 Å². The molecule has 0 saturated heterocycles. The number of hydrogen-bond donors (Lipinski definition) is 1. The molecule has 0 aliphatic rings. The van der Waals surface area contributed by atoms with Gasteiger partial charge in [-0.1, -0.05) is 41.9 Å². The van der Waals surface area contributed by atoms with E-state index < -0.39 is 0 Å². The van der Waals surface area contributed by atoms with E-state index >= 15 is 0 Å². The third-order valence-electron chi connectivity index (χ3n) is 2.11. The van der Waals surface area contributed by atoms with Crippen LogP contribution in [0.5, 0.6) is 5.75 Å². The van der Waals surface area contributed by atoms with Crippen molar-refractivity contribution in [1.29, 1.82) is 0 Å². The molecule has 0 radical (unpaired) electrons. The number of pyridine rings is 1. The molecule has 1 N–H and O–H groups in total. The van der Waals surface area contributed by atoms with E-state index in [9.17, 15) is 5.11 Å². The van der Waals surface area contributed by atoms with E-state index in [1.807, 2.05) is 30.3 Å². The largest absolute Gasteiger partial charge is 0.505 e. The summed E-state index contributed by atoms with van der Waals surface area (Å²) in [7, 11) is 0. The quantitative estimate of drug-likeness (QED) is 0.788. The molecule has 0 amide bonds. The minimum Gasteiger partial charge on any atom is -0.505 e. The van der Waals surface area contributed by atoms with Crippen LogP contribution < -0.4 is 0 Å². The Balaban J connectivity index is 2.22. The number of nitrogens with zero attached hydrogens (tertiary/aromatic N) is 1. The van der Waals surface area contributed by atoms with Gasteiger partial charge in [0.2, 0.25) is 0 Å². The molecule has 0 fully saturated rings. The van der Waals surface area contributed by atoms with Gasteiger partial charge in [-0.05, 0) is 17.7 Å². The second kappa shape index (κ2) is 4.32. The van der Waals surface area contributed by atoms with E-state index in [-0.39, 0.29) is 10.9 Å². The Bertz CT molecular complexity index is 456. The highest BCUT2D eigenvalue weighted by Gasteiger charge is 2.02. The molecule has 2 rings (SSSR count). The van der Waals surface area contributed by atoms with Gasteiger partial charge in [-0.3, -0.25) is 0 Å². The molecule has 76 valence electrons. The Morgan fingerprint density at radius 1 is 1.07 bits per heavy atom. The monoisotopic (exact) mass is 219 g/mol. The third kappa shape index (κ3) is 2.48. The highest BCUT2D eigenvalue weighted by atomic mass is 35.5. The summed E-state index contributed by atoms with van der Waals surface area (Å²) in [5.41, 5.74) is 2.02. The molecule has 0 aliphatic carbocycles. The molecule has 1 heterocycles. The van der Waals surface area contributed by atoms with Crippen LogP contribution in [-0.4, -0.2) is 10.1 Å². The lowest BCUT2D eigenvalue weighted by Gasteiger charge is -2.02. The molecule has 3 heteroatoms. The summed E-state index contributed by atoms with van der Waals surface area (Å²) < 4.78 is 0. The number of halogens is 1. The maximum atomic E-state index is 9.22. The molecular formula is C12H10ClNO. The third-order valence-corrected chi connectivity index (χ3v) is 2.39.